The average Bonchev–Trinajstić information content (AvgIpc) is 2.27. The highest BCUT2D eigenvalue weighted by Crippen LogP contribution is 2.18. The number of esters is 1. The lowest BCUT2D eigenvalue weighted by Crippen LogP contribution is -2.01. The lowest BCUT2D eigenvalue weighted by atomic mass is 9.98. The fraction of sp³-hybridized carbons (Fsp3) is 0.417. The average molecular weight is 192 g/mol. The van der Waals surface area contributed by atoms with Crippen LogP contribution in [-0.2, 0) is 4.74 Å². The fourth-order valence-corrected chi connectivity index (χ4v) is 1.30. The first-order chi connectivity index (χ1) is 6.69. The number of ether oxygens (including phenoxy) is 1. The highest BCUT2D eigenvalue weighted by molar-refractivity contribution is 5.89. The van der Waals surface area contributed by atoms with Crippen LogP contribution in [0.2, 0.25) is 0 Å². The highest BCUT2D eigenvalue weighted by Gasteiger charge is 2.06. The smallest absolute Gasteiger partial charge is 0.337 e. The Balaban J connectivity index is 2.83. The van der Waals surface area contributed by atoms with E-state index in [-0.39, 0.29) is 5.97 Å². The monoisotopic (exact) mass is 192 g/mol. The molecule has 0 fully saturated rings. The molecule has 1 unspecified atom stereocenters. The minimum absolute atomic E-state index is 0.277. The van der Waals surface area contributed by atoms with E-state index in [2.05, 4.69) is 18.6 Å². The molecular weight excluding hydrogens is 176 g/mol. The zero-order chi connectivity index (χ0) is 10.6. The van der Waals surface area contributed by atoms with Crippen molar-refractivity contribution < 1.29 is 9.53 Å². The predicted octanol–water partition coefficient (Wildman–Crippen LogP) is 2.99. The largest absolute Gasteiger partial charge is 0.465 e. The van der Waals surface area contributed by atoms with Gasteiger partial charge in [0.05, 0.1) is 12.7 Å². The van der Waals surface area contributed by atoms with Gasteiger partial charge in [0, 0.05) is 0 Å². The third-order valence-corrected chi connectivity index (χ3v) is 2.51. The second-order valence-corrected chi connectivity index (χ2v) is 3.42. The van der Waals surface area contributed by atoms with Gasteiger partial charge in [0.2, 0.25) is 0 Å². The predicted molar refractivity (Wildman–Crippen MR) is 56.5 cm³/mol. The van der Waals surface area contributed by atoms with Gasteiger partial charge in [-0.2, -0.15) is 0 Å². The Morgan fingerprint density at radius 2 is 1.93 bits per heavy atom. The maximum Gasteiger partial charge on any atom is 0.337 e. The molecule has 0 aliphatic rings. The number of carbonyl (C=O) groups is 1. The van der Waals surface area contributed by atoms with Gasteiger partial charge in [-0.05, 0) is 30.0 Å². The van der Waals surface area contributed by atoms with E-state index in [0.717, 1.165) is 6.42 Å². The van der Waals surface area contributed by atoms with Crippen molar-refractivity contribution in [3.63, 3.8) is 0 Å². The number of hydrogen-bond donors (Lipinski definition) is 0. The molecular formula is C12H16O2. The van der Waals surface area contributed by atoms with E-state index in [1.54, 1.807) is 0 Å². The minimum atomic E-state index is -0.277. The van der Waals surface area contributed by atoms with Crippen LogP contribution in [0.3, 0.4) is 0 Å². The van der Waals surface area contributed by atoms with Crippen molar-refractivity contribution in [1.29, 1.82) is 0 Å². The second-order valence-electron chi connectivity index (χ2n) is 3.42. The van der Waals surface area contributed by atoms with Crippen molar-refractivity contribution in [1.82, 2.24) is 0 Å². The molecule has 0 aromatic heterocycles. The van der Waals surface area contributed by atoms with Gasteiger partial charge in [-0.3, -0.25) is 0 Å². The summed E-state index contributed by atoms with van der Waals surface area (Å²) in [6.45, 7) is 4.33. The third-order valence-electron chi connectivity index (χ3n) is 2.51. The summed E-state index contributed by atoms with van der Waals surface area (Å²) in [4.78, 5) is 11.1. The Bertz CT molecular complexity index is 301. The van der Waals surface area contributed by atoms with Crippen LogP contribution >= 0.6 is 0 Å². The third kappa shape index (κ3) is 2.34. The molecule has 0 heterocycles. The molecule has 0 bridgehead atoms. The first kappa shape index (κ1) is 10.8. The lowest BCUT2D eigenvalue weighted by molar-refractivity contribution is 0.0600. The summed E-state index contributed by atoms with van der Waals surface area (Å²) in [6, 6.07) is 7.60. The van der Waals surface area contributed by atoms with Crippen LogP contribution in [-0.4, -0.2) is 13.1 Å². The number of carbonyl (C=O) groups excluding carboxylic acids is 1. The molecule has 1 aromatic rings. The summed E-state index contributed by atoms with van der Waals surface area (Å²) in [7, 11) is 1.39. The summed E-state index contributed by atoms with van der Waals surface area (Å²) in [5.41, 5.74) is 1.87. The van der Waals surface area contributed by atoms with Crippen molar-refractivity contribution in [3.05, 3.63) is 35.4 Å². The number of benzene rings is 1. The summed E-state index contributed by atoms with van der Waals surface area (Å²) in [5, 5.41) is 0. The molecule has 0 N–H and O–H groups in total. The summed E-state index contributed by atoms with van der Waals surface area (Å²) in [5.74, 6) is 0.266. The molecule has 0 saturated carbocycles. The molecule has 0 aliphatic heterocycles. The molecule has 1 rings (SSSR count). The van der Waals surface area contributed by atoms with Gasteiger partial charge in [0.25, 0.3) is 0 Å². The molecule has 0 radical (unpaired) electrons. The lowest BCUT2D eigenvalue weighted by Gasteiger charge is -2.08. The second kappa shape index (κ2) is 4.80. The van der Waals surface area contributed by atoms with Gasteiger partial charge in [0.1, 0.15) is 0 Å². The van der Waals surface area contributed by atoms with Gasteiger partial charge >= 0.3 is 5.97 Å². The van der Waals surface area contributed by atoms with Crippen LogP contribution < -0.4 is 0 Å². The van der Waals surface area contributed by atoms with Crippen LogP contribution in [0.4, 0.5) is 0 Å². The molecule has 2 nitrogen and oxygen atoms in total. The molecule has 14 heavy (non-hydrogen) atoms. The van der Waals surface area contributed by atoms with Crippen molar-refractivity contribution in [2.24, 2.45) is 0 Å². The SMILES string of the molecule is CCC(C)c1ccc(C(=O)OC)cc1. The van der Waals surface area contributed by atoms with E-state index < -0.39 is 0 Å². The Morgan fingerprint density at radius 1 is 1.36 bits per heavy atom. The maximum atomic E-state index is 11.1. The summed E-state index contributed by atoms with van der Waals surface area (Å²) in [6.07, 6.45) is 1.11. The van der Waals surface area contributed by atoms with E-state index in [1.807, 2.05) is 24.3 Å². The molecule has 2 heteroatoms. The van der Waals surface area contributed by atoms with E-state index in [0.29, 0.717) is 11.5 Å². The molecule has 0 aliphatic carbocycles. The summed E-state index contributed by atoms with van der Waals surface area (Å²) >= 11 is 0. The van der Waals surface area contributed by atoms with Crippen molar-refractivity contribution in [2.75, 3.05) is 7.11 Å². The van der Waals surface area contributed by atoms with Crippen molar-refractivity contribution in [3.8, 4) is 0 Å². The van der Waals surface area contributed by atoms with Crippen LogP contribution in [0, 0.1) is 0 Å². The standard InChI is InChI=1S/C12H16O2/c1-4-9(2)10-5-7-11(8-6-10)12(13)14-3/h5-9H,4H2,1-3H3. The van der Waals surface area contributed by atoms with Gasteiger partial charge < -0.3 is 4.74 Å². The Labute approximate surface area is 84.9 Å². The van der Waals surface area contributed by atoms with Gasteiger partial charge in [-0.1, -0.05) is 26.0 Å². The quantitative estimate of drug-likeness (QED) is 0.688. The van der Waals surface area contributed by atoms with Crippen LogP contribution in [0.15, 0.2) is 24.3 Å². The molecule has 76 valence electrons. The highest BCUT2D eigenvalue weighted by atomic mass is 16.5. The van der Waals surface area contributed by atoms with Crippen molar-refractivity contribution in [2.45, 2.75) is 26.2 Å². The normalized spacial score (nSPS) is 12.2. The van der Waals surface area contributed by atoms with E-state index in [9.17, 15) is 4.79 Å². The first-order valence-electron chi connectivity index (χ1n) is 4.87. The van der Waals surface area contributed by atoms with E-state index in [4.69, 9.17) is 0 Å². The molecule has 1 aromatic carbocycles. The number of methoxy groups -OCH3 is 1. The summed E-state index contributed by atoms with van der Waals surface area (Å²) < 4.78 is 4.62. The Morgan fingerprint density at radius 3 is 2.36 bits per heavy atom. The van der Waals surface area contributed by atoms with Gasteiger partial charge in [-0.25, -0.2) is 4.79 Å². The molecule has 1 atom stereocenters. The Hall–Kier alpha value is -1.31. The van der Waals surface area contributed by atoms with Gasteiger partial charge in [-0.15, -0.1) is 0 Å². The Kier molecular flexibility index (Phi) is 3.69. The van der Waals surface area contributed by atoms with Crippen LogP contribution in [0.1, 0.15) is 42.1 Å². The fourth-order valence-electron chi connectivity index (χ4n) is 1.30. The molecule has 0 spiro atoms. The van der Waals surface area contributed by atoms with Crippen LogP contribution in [0.25, 0.3) is 0 Å². The minimum Gasteiger partial charge on any atom is -0.465 e. The zero-order valence-corrected chi connectivity index (χ0v) is 8.91. The molecule has 0 amide bonds. The first-order valence-corrected chi connectivity index (χ1v) is 4.87. The number of hydrogen-bond acceptors (Lipinski definition) is 2. The van der Waals surface area contributed by atoms with Crippen molar-refractivity contribution >= 4 is 5.97 Å². The van der Waals surface area contributed by atoms with E-state index >= 15 is 0 Å². The zero-order valence-electron chi connectivity index (χ0n) is 8.91. The number of rotatable bonds is 3. The molecule has 0 saturated heterocycles. The topological polar surface area (TPSA) is 26.3 Å². The van der Waals surface area contributed by atoms with Gasteiger partial charge in [0.15, 0.2) is 0 Å². The maximum absolute atomic E-state index is 11.1. The van der Waals surface area contributed by atoms with E-state index in [1.165, 1.54) is 12.7 Å². The van der Waals surface area contributed by atoms with Crippen LogP contribution in [0.5, 0.6) is 0 Å².